The van der Waals surface area contributed by atoms with E-state index in [2.05, 4.69) is 5.43 Å². The Morgan fingerprint density at radius 3 is 2.60 bits per heavy atom. The number of hydrogen-bond acceptors (Lipinski definition) is 7. The van der Waals surface area contributed by atoms with E-state index in [0.29, 0.717) is 16.9 Å². The van der Waals surface area contributed by atoms with E-state index >= 15 is 0 Å². The molecule has 2 amide bonds. The molecule has 2 N–H and O–H groups in total. The van der Waals surface area contributed by atoms with Crippen LogP contribution in [0.25, 0.3) is 6.08 Å². The molecule has 2 aromatic carbocycles. The van der Waals surface area contributed by atoms with Crippen molar-refractivity contribution in [1.29, 1.82) is 0 Å². The highest BCUT2D eigenvalue weighted by Gasteiger charge is 2.34. The number of ether oxygens (including phenoxy) is 2. The summed E-state index contributed by atoms with van der Waals surface area (Å²) < 4.78 is 10.7. The largest absolute Gasteiger partial charge is 0.493 e. The number of carbonyl (C=O) groups excluding carboxylic acids is 2. The van der Waals surface area contributed by atoms with Crippen molar-refractivity contribution in [2.75, 3.05) is 13.7 Å². The number of amides is 2. The van der Waals surface area contributed by atoms with Crippen molar-refractivity contribution in [3.05, 3.63) is 64.6 Å². The summed E-state index contributed by atoms with van der Waals surface area (Å²) >= 11 is 6.23. The van der Waals surface area contributed by atoms with Crippen LogP contribution in [0.2, 0.25) is 0 Å². The van der Waals surface area contributed by atoms with Gasteiger partial charge in [0.15, 0.2) is 22.4 Å². The van der Waals surface area contributed by atoms with Gasteiger partial charge in [0, 0.05) is 11.1 Å². The molecule has 1 fully saturated rings. The zero-order valence-corrected chi connectivity index (χ0v) is 17.3. The van der Waals surface area contributed by atoms with Crippen LogP contribution in [0.5, 0.6) is 11.5 Å². The molecule has 154 valence electrons. The number of benzene rings is 2. The van der Waals surface area contributed by atoms with E-state index in [-0.39, 0.29) is 15.0 Å². The van der Waals surface area contributed by atoms with Gasteiger partial charge in [-0.25, -0.2) is 4.79 Å². The second-order valence-corrected chi connectivity index (χ2v) is 7.56. The molecule has 0 atom stereocenters. The van der Waals surface area contributed by atoms with E-state index in [4.69, 9.17) is 26.8 Å². The lowest BCUT2D eigenvalue weighted by atomic mass is 10.1. The fraction of sp³-hybridized carbons (Fsp3) is 0.100. The number of hydrogen-bond donors (Lipinski definition) is 2. The quantitative estimate of drug-likeness (QED) is 0.496. The number of para-hydroxylation sites is 1. The average Bonchev–Trinajstić information content (AvgIpc) is 3.00. The lowest BCUT2D eigenvalue weighted by Crippen LogP contribution is -2.44. The molecule has 0 bridgehead atoms. The minimum absolute atomic E-state index is 0.159. The fourth-order valence-electron chi connectivity index (χ4n) is 2.56. The van der Waals surface area contributed by atoms with Gasteiger partial charge >= 0.3 is 5.97 Å². The molecule has 0 unspecified atom stereocenters. The second-order valence-electron chi connectivity index (χ2n) is 5.89. The van der Waals surface area contributed by atoms with Crippen LogP contribution in [0.4, 0.5) is 0 Å². The Bertz CT molecular complexity index is 1040. The summed E-state index contributed by atoms with van der Waals surface area (Å²) in [4.78, 5) is 36.3. The molecule has 0 aromatic heterocycles. The van der Waals surface area contributed by atoms with Crippen LogP contribution >= 0.6 is 24.0 Å². The van der Waals surface area contributed by atoms with E-state index in [0.717, 1.165) is 16.8 Å². The molecule has 2 aromatic rings. The number of methoxy groups -OCH3 is 1. The summed E-state index contributed by atoms with van der Waals surface area (Å²) in [6, 6.07) is 13.4. The van der Waals surface area contributed by atoms with Crippen LogP contribution < -0.4 is 14.9 Å². The highest BCUT2D eigenvalue weighted by molar-refractivity contribution is 8.26. The minimum atomic E-state index is -1.15. The topological polar surface area (TPSA) is 105 Å². The molecule has 1 aliphatic heterocycles. The van der Waals surface area contributed by atoms with E-state index in [1.807, 2.05) is 0 Å². The molecule has 0 saturated carbocycles. The number of aliphatic carboxylic acids is 1. The Morgan fingerprint density at radius 2 is 1.93 bits per heavy atom. The molecule has 30 heavy (non-hydrogen) atoms. The monoisotopic (exact) mass is 444 g/mol. The first-order valence-electron chi connectivity index (χ1n) is 8.56. The number of carboxylic acids is 1. The highest BCUT2D eigenvalue weighted by Crippen LogP contribution is 2.37. The number of rotatable bonds is 7. The molecule has 0 radical (unpaired) electrons. The van der Waals surface area contributed by atoms with Crippen LogP contribution in [0.15, 0.2) is 53.4 Å². The van der Waals surface area contributed by atoms with Gasteiger partial charge in [0.1, 0.15) is 0 Å². The summed E-state index contributed by atoms with van der Waals surface area (Å²) in [7, 11) is 1.42. The maximum Gasteiger partial charge on any atom is 0.341 e. The maximum atomic E-state index is 12.8. The summed E-state index contributed by atoms with van der Waals surface area (Å²) in [6.07, 6.45) is 1.51. The van der Waals surface area contributed by atoms with Crippen LogP contribution in [0.3, 0.4) is 0 Å². The van der Waals surface area contributed by atoms with E-state index < -0.39 is 24.4 Å². The van der Waals surface area contributed by atoms with Gasteiger partial charge in [-0.05, 0) is 36.5 Å². The number of carboxylic acid groups (broad SMARTS) is 1. The maximum absolute atomic E-state index is 12.8. The van der Waals surface area contributed by atoms with Crippen LogP contribution in [0.1, 0.15) is 15.9 Å². The molecule has 3 rings (SSSR count). The van der Waals surface area contributed by atoms with Crippen LogP contribution in [-0.2, 0) is 9.59 Å². The molecule has 8 nitrogen and oxygen atoms in total. The lowest BCUT2D eigenvalue weighted by Gasteiger charge is -2.15. The van der Waals surface area contributed by atoms with Gasteiger partial charge in [-0.2, -0.15) is 5.01 Å². The minimum Gasteiger partial charge on any atom is -0.493 e. The standard InChI is InChI=1S/C20H16N2O6S2/c1-27-14-9-5-8-13(17(14)28-11-16(23)24)10-15-19(26)22(20(29)30-15)21-18(25)12-6-3-2-4-7-12/h2-10H,11H2,1H3,(H,21,25)(H,23,24)/b15-10+. The van der Waals surface area contributed by atoms with Crippen LogP contribution in [0, 0.1) is 0 Å². The summed E-state index contributed by atoms with van der Waals surface area (Å²) in [5.74, 6) is -1.64. The Hall–Kier alpha value is -3.37. The van der Waals surface area contributed by atoms with Gasteiger partial charge in [-0.1, -0.05) is 42.1 Å². The van der Waals surface area contributed by atoms with Crippen molar-refractivity contribution >= 4 is 52.2 Å². The molecule has 1 aliphatic rings. The fourth-order valence-corrected chi connectivity index (χ4v) is 3.73. The highest BCUT2D eigenvalue weighted by atomic mass is 32.2. The van der Waals surface area contributed by atoms with Gasteiger partial charge in [-0.3, -0.25) is 15.0 Å². The second kappa shape index (κ2) is 9.42. The number of carbonyl (C=O) groups is 3. The lowest BCUT2D eigenvalue weighted by molar-refractivity contribution is -0.139. The summed E-state index contributed by atoms with van der Waals surface area (Å²) in [6.45, 7) is -0.574. The van der Waals surface area contributed by atoms with E-state index in [9.17, 15) is 14.4 Å². The normalized spacial score (nSPS) is 14.7. The first kappa shape index (κ1) is 21.3. The van der Waals surface area contributed by atoms with Crippen molar-refractivity contribution < 1.29 is 29.0 Å². The number of thioether (sulfide) groups is 1. The first-order chi connectivity index (χ1) is 14.4. The van der Waals surface area contributed by atoms with Gasteiger partial charge in [0.25, 0.3) is 11.8 Å². The predicted molar refractivity (Wildman–Crippen MR) is 115 cm³/mol. The predicted octanol–water partition coefficient (Wildman–Crippen LogP) is 2.70. The Morgan fingerprint density at radius 1 is 1.20 bits per heavy atom. The molecular formula is C20H16N2O6S2. The van der Waals surface area contributed by atoms with Gasteiger partial charge in [0.05, 0.1) is 12.0 Å². The zero-order valence-electron chi connectivity index (χ0n) is 15.7. The van der Waals surface area contributed by atoms with Crippen molar-refractivity contribution in [3.8, 4) is 11.5 Å². The molecule has 0 spiro atoms. The van der Waals surface area contributed by atoms with E-state index in [1.165, 1.54) is 13.2 Å². The third-order valence-corrected chi connectivity index (χ3v) is 5.20. The molecular weight excluding hydrogens is 428 g/mol. The molecule has 0 aliphatic carbocycles. The molecule has 10 heteroatoms. The Kier molecular flexibility index (Phi) is 6.70. The third kappa shape index (κ3) is 4.78. The first-order valence-corrected chi connectivity index (χ1v) is 9.78. The smallest absolute Gasteiger partial charge is 0.341 e. The van der Waals surface area contributed by atoms with Crippen LogP contribution in [-0.4, -0.2) is 45.9 Å². The SMILES string of the molecule is COc1cccc(/C=C2/SC(=S)N(NC(=O)c3ccccc3)C2=O)c1OCC(=O)O. The average molecular weight is 444 g/mol. The molecule has 1 saturated heterocycles. The Balaban J connectivity index is 1.85. The number of hydrazine groups is 1. The molecule has 1 heterocycles. The van der Waals surface area contributed by atoms with E-state index in [1.54, 1.807) is 48.5 Å². The van der Waals surface area contributed by atoms with Gasteiger partial charge in [0.2, 0.25) is 0 Å². The number of thiocarbonyl (C=S) groups is 1. The summed E-state index contributed by atoms with van der Waals surface area (Å²) in [5.41, 5.74) is 3.31. The van der Waals surface area contributed by atoms with Gasteiger partial charge < -0.3 is 14.6 Å². The van der Waals surface area contributed by atoms with Crippen molar-refractivity contribution in [1.82, 2.24) is 10.4 Å². The number of nitrogens with one attached hydrogen (secondary N) is 1. The van der Waals surface area contributed by atoms with Crippen molar-refractivity contribution in [2.45, 2.75) is 0 Å². The summed E-state index contributed by atoms with van der Waals surface area (Å²) in [5, 5.41) is 9.90. The zero-order chi connectivity index (χ0) is 21.7. The van der Waals surface area contributed by atoms with Crippen molar-refractivity contribution in [3.63, 3.8) is 0 Å². The Labute approximate surface area is 181 Å². The van der Waals surface area contributed by atoms with Crippen molar-refractivity contribution in [2.24, 2.45) is 0 Å². The van der Waals surface area contributed by atoms with Gasteiger partial charge in [-0.15, -0.1) is 0 Å². The third-order valence-electron chi connectivity index (χ3n) is 3.90. The number of nitrogens with zero attached hydrogens (tertiary/aromatic N) is 1.